The van der Waals surface area contributed by atoms with Gasteiger partial charge in [0.05, 0.1) is 5.69 Å². The van der Waals surface area contributed by atoms with Crippen LogP contribution < -0.4 is 0 Å². The number of aromatic nitrogens is 2. The van der Waals surface area contributed by atoms with Crippen LogP contribution >= 0.6 is 0 Å². The van der Waals surface area contributed by atoms with Crippen molar-refractivity contribution < 1.29 is 4.79 Å². The summed E-state index contributed by atoms with van der Waals surface area (Å²) in [5.74, 6) is 0.130. The van der Waals surface area contributed by atoms with Crippen molar-refractivity contribution in [2.24, 2.45) is 7.05 Å². The number of fused-ring (bicyclic) bond motifs is 1. The molecule has 0 saturated carbocycles. The molecule has 1 aromatic heterocycles. The van der Waals surface area contributed by atoms with E-state index in [1.807, 2.05) is 16.6 Å². The molecule has 3 rings (SSSR count). The van der Waals surface area contributed by atoms with E-state index < -0.39 is 0 Å². The van der Waals surface area contributed by atoms with Gasteiger partial charge in [0.15, 0.2) is 5.69 Å². The first-order chi connectivity index (χ1) is 9.61. The van der Waals surface area contributed by atoms with E-state index in [1.54, 1.807) is 0 Å². The van der Waals surface area contributed by atoms with E-state index in [9.17, 15) is 4.79 Å². The van der Waals surface area contributed by atoms with E-state index in [-0.39, 0.29) is 5.91 Å². The molecule has 0 N–H and O–H groups in total. The lowest BCUT2D eigenvalue weighted by molar-refractivity contribution is 0.0783. The lowest BCUT2D eigenvalue weighted by Gasteiger charge is -2.22. The van der Waals surface area contributed by atoms with Crippen LogP contribution in [-0.4, -0.2) is 44.6 Å². The fraction of sp³-hybridized carbons (Fsp3) is 0.733. The molecule has 3 heterocycles. The molecule has 1 amide bonds. The fourth-order valence-electron chi connectivity index (χ4n) is 3.23. The minimum Gasteiger partial charge on any atom is -0.337 e. The second kappa shape index (κ2) is 5.20. The van der Waals surface area contributed by atoms with Crippen LogP contribution in [0.1, 0.15) is 54.9 Å². The van der Waals surface area contributed by atoms with E-state index in [1.165, 1.54) is 5.69 Å². The van der Waals surface area contributed by atoms with Crippen LogP contribution in [0.4, 0.5) is 0 Å². The molecule has 0 bridgehead atoms. The van der Waals surface area contributed by atoms with Gasteiger partial charge in [-0.05, 0) is 26.2 Å². The first-order valence-corrected chi connectivity index (χ1v) is 7.70. The van der Waals surface area contributed by atoms with Crippen molar-refractivity contribution in [2.75, 3.05) is 13.1 Å². The molecule has 5 nitrogen and oxygen atoms in total. The van der Waals surface area contributed by atoms with Gasteiger partial charge in [-0.25, -0.2) is 0 Å². The summed E-state index contributed by atoms with van der Waals surface area (Å²) < 4.78 is 1.90. The van der Waals surface area contributed by atoms with Crippen molar-refractivity contribution in [1.82, 2.24) is 19.6 Å². The highest BCUT2D eigenvalue weighted by Gasteiger charge is 2.33. The second-order valence-electron chi connectivity index (χ2n) is 6.06. The zero-order valence-corrected chi connectivity index (χ0v) is 12.7. The number of aryl methyl sites for hydroxylation is 1. The molecule has 0 radical (unpaired) electrons. The fourth-order valence-corrected chi connectivity index (χ4v) is 3.23. The summed E-state index contributed by atoms with van der Waals surface area (Å²) in [7, 11) is 1.96. The predicted molar refractivity (Wildman–Crippen MR) is 77.3 cm³/mol. The Morgan fingerprint density at radius 1 is 1.30 bits per heavy atom. The first-order valence-electron chi connectivity index (χ1n) is 7.70. The third-order valence-electron chi connectivity index (χ3n) is 4.80. The largest absolute Gasteiger partial charge is 0.337 e. The topological polar surface area (TPSA) is 41.4 Å². The second-order valence-corrected chi connectivity index (χ2v) is 6.06. The summed E-state index contributed by atoms with van der Waals surface area (Å²) in [6, 6.07) is 0.553. The molecule has 2 aliphatic rings. The number of nitrogens with zero attached hydrogens (tertiary/aromatic N) is 4. The zero-order valence-electron chi connectivity index (χ0n) is 12.7. The van der Waals surface area contributed by atoms with E-state index in [0.29, 0.717) is 11.7 Å². The molecule has 1 fully saturated rings. The Labute approximate surface area is 120 Å². The lowest BCUT2D eigenvalue weighted by atomic mass is 10.2. The molecule has 5 heteroatoms. The Hall–Kier alpha value is -1.36. The van der Waals surface area contributed by atoms with Crippen LogP contribution in [-0.2, 0) is 20.1 Å². The average molecular weight is 276 g/mol. The maximum Gasteiger partial charge on any atom is 0.274 e. The van der Waals surface area contributed by atoms with Gasteiger partial charge in [0.2, 0.25) is 0 Å². The molecule has 1 unspecified atom stereocenters. The Morgan fingerprint density at radius 3 is 2.65 bits per heavy atom. The van der Waals surface area contributed by atoms with Gasteiger partial charge in [-0.1, -0.05) is 6.92 Å². The summed E-state index contributed by atoms with van der Waals surface area (Å²) in [4.78, 5) is 17.0. The van der Waals surface area contributed by atoms with Gasteiger partial charge in [-0.2, -0.15) is 5.10 Å². The summed E-state index contributed by atoms with van der Waals surface area (Å²) in [5.41, 5.74) is 3.06. The number of carbonyl (C=O) groups is 1. The van der Waals surface area contributed by atoms with Crippen molar-refractivity contribution in [3.05, 3.63) is 17.0 Å². The molecule has 0 aliphatic carbocycles. The number of rotatable bonds is 3. The van der Waals surface area contributed by atoms with Crippen LogP contribution in [0, 0.1) is 0 Å². The van der Waals surface area contributed by atoms with Gasteiger partial charge in [0.1, 0.15) is 0 Å². The van der Waals surface area contributed by atoms with Crippen molar-refractivity contribution in [3.8, 4) is 0 Å². The molecule has 0 spiro atoms. The third kappa shape index (κ3) is 2.14. The Balaban J connectivity index is 1.85. The minimum absolute atomic E-state index is 0.130. The van der Waals surface area contributed by atoms with Gasteiger partial charge < -0.3 is 4.90 Å². The Bertz CT molecular complexity index is 516. The summed E-state index contributed by atoms with van der Waals surface area (Å²) in [6.45, 7) is 8.02. The summed E-state index contributed by atoms with van der Waals surface area (Å²) >= 11 is 0. The van der Waals surface area contributed by atoms with Crippen LogP contribution in [0.5, 0.6) is 0 Å². The van der Waals surface area contributed by atoms with Gasteiger partial charge in [0.25, 0.3) is 5.91 Å². The molecule has 2 aliphatic heterocycles. The van der Waals surface area contributed by atoms with E-state index in [4.69, 9.17) is 0 Å². The maximum atomic E-state index is 12.6. The standard InChI is InChI=1S/C15H24N4O/c1-4-11(2)19-9-12-13(10-19)17(3)16-14(12)15(20)18-7-5-6-8-18/h11H,4-10H2,1-3H3. The molecule has 1 aromatic rings. The molecule has 20 heavy (non-hydrogen) atoms. The quantitative estimate of drug-likeness (QED) is 0.845. The van der Waals surface area contributed by atoms with Gasteiger partial charge >= 0.3 is 0 Å². The number of carbonyl (C=O) groups excluding carboxylic acids is 1. The monoisotopic (exact) mass is 276 g/mol. The Morgan fingerprint density at radius 2 is 2.00 bits per heavy atom. The smallest absolute Gasteiger partial charge is 0.274 e. The molecule has 1 atom stereocenters. The van der Waals surface area contributed by atoms with Gasteiger partial charge in [-0.15, -0.1) is 0 Å². The van der Waals surface area contributed by atoms with Crippen molar-refractivity contribution in [1.29, 1.82) is 0 Å². The minimum atomic E-state index is 0.130. The third-order valence-corrected chi connectivity index (χ3v) is 4.80. The SMILES string of the molecule is CCC(C)N1Cc2c(C(=O)N3CCCC3)nn(C)c2C1. The molecule has 110 valence electrons. The predicted octanol–water partition coefficient (Wildman–Crippen LogP) is 1.77. The van der Waals surface area contributed by atoms with Gasteiger partial charge in [0, 0.05) is 44.8 Å². The molecule has 1 saturated heterocycles. The highest BCUT2D eigenvalue weighted by Crippen LogP contribution is 2.29. The molecular weight excluding hydrogens is 252 g/mol. The van der Waals surface area contributed by atoms with Crippen molar-refractivity contribution in [3.63, 3.8) is 0 Å². The van der Waals surface area contributed by atoms with Crippen LogP contribution in [0.15, 0.2) is 0 Å². The van der Waals surface area contributed by atoms with Crippen molar-refractivity contribution in [2.45, 2.75) is 52.2 Å². The Kier molecular flexibility index (Phi) is 3.54. The first kappa shape index (κ1) is 13.6. The van der Waals surface area contributed by atoms with Crippen LogP contribution in [0.2, 0.25) is 0 Å². The van der Waals surface area contributed by atoms with Crippen LogP contribution in [0.3, 0.4) is 0 Å². The summed E-state index contributed by atoms with van der Waals surface area (Å²) in [5, 5.41) is 4.50. The normalized spacial score (nSPS) is 20.4. The molecule has 0 aromatic carbocycles. The number of hydrogen-bond donors (Lipinski definition) is 0. The van der Waals surface area contributed by atoms with Crippen LogP contribution in [0.25, 0.3) is 0 Å². The van der Waals surface area contributed by atoms with E-state index >= 15 is 0 Å². The zero-order chi connectivity index (χ0) is 14.3. The number of likely N-dealkylation sites (tertiary alicyclic amines) is 1. The highest BCUT2D eigenvalue weighted by atomic mass is 16.2. The average Bonchev–Trinajstić information content (AvgIpc) is 3.14. The highest BCUT2D eigenvalue weighted by molar-refractivity contribution is 5.94. The van der Waals surface area contributed by atoms with E-state index in [0.717, 1.165) is 51.0 Å². The maximum absolute atomic E-state index is 12.6. The van der Waals surface area contributed by atoms with Gasteiger partial charge in [-0.3, -0.25) is 14.4 Å². The summed E-state index contributed by atoms with van der Waals surface area (Å²) in [6.07, 6.45) is 3.39. The number of amides is 1. The lowest BCUT2D eigenvalue weighted by Crippen LogP contribution is -2.31. The van der Waals surface area contributed by atoms with E-state index in [2.05, 4.69) is 23.8 Å². The number of hydrogen-bond acceptors (Lipinski definition) is 3. The van der Waals surface area contributed by atoms with Crippen molar-refractivity contribution >= 4 is 5.91 Å². The molecular formula is C15H24N4O.